The zero-order valence-electron chi connectivity index (χ0n) is 15.2. The van der Waals surface area contributed by atoms with Gasteiger partial charge < -0.3 is 9.88 Å². The topological polar surface area (TPSA) is 46.9 Å². The Morgan fingerprint density at radius 3 is 2.57 bits per heavy atom. The molecule has 0 aliphatic rings. The molecule has 1 atom stereocenters. The maximum Gasteiger partial charge on any atom is 0.262 e. The fourth-order valence-electron chi connectivity index (χ4n) is 3.31. The second kappa shape index (κ2) is 7.16. The summed E-state index contributed by atoms with van der Waals surface area (Å²) in [5.41, 5.74) is 0.887. The molecular formula is C21H17F2N3OS. The zero-order valence-corrected chi connectivity index (χ0v) is 16.1. The molecule has 0 spiro atoms. The van der Waals surface area contributed by atoms with E-state index < -0.39 is 17.8 Å². The summed E-state index contributed by atoms with van der Waals surface area (Å²) in [6.45, 7) is 1.72. The number of halogens is 2. The second-order valence-corrected chi connectivity index (χ2v) is 7.55. The smallest absolute Gasteiger partial charge is 0.262 e. The largest absolute Gasteiger partial charge is 0.337 e. The lowest BCUT2D eigenvalue weighted by Gasteiger charge is -2.19. The van der Waals surface area contributed by atoms with Crippen LogP contribution >= 0.6 is 11.3 Å². The van der Waals surface area contributed by atoms with E-state index in [0.29, 0.717) is 31.9 Å². The highest BCUT2D eigenvalue weighted by Crippen LogP contribution is 2.33. The number of carbonyl (C=O) groups excluding carboxylic acids is 1. The van der Waals surface area contributed by atoms with Gasteiger partial charge in [-0.25, -0.2) is 13.8 Å². The number of amides is 1. The molecule has 1 N–H and O–H groups in total. The first-order valence-corrected chi connectivity index (χ1v) is 9.49. The molecule has 0 radical (unpaired) electrons. The van der Waals surface area contributed by atoms with E-state index in [1.807, 2.05) is 0 Å². The molecule has 142 valence electrons. The Kier molecular flexibility index (Phi) is 4.68. The molecule has 4 rings (SSSR count). The minimum absolute atomic E-state index is 0.315. The number of carbonyl (C=O) groups is 1. The van der Waals surface area contributed by atoms with E-state index in [4.69, 9.17) is 0 Å². The Bertz CT molecular complexity index is 1180. The Hall–Kier alpha value is -3.06. The van der Waals surface area contributed by atoms with Crippen LogP contribution in [0.1, 0.15) is 32.7 Å². The van der Waals surface area contributed by atoms with Crippen LogP contribution in [0.5, 0.6) is 0 Å². The summed E-state index contributed by atoms with van der Waals surface area (Å²) in [7, 11) is 1.78. The van der Waals surface area contributed by atoms with Gasteiger partial charge >= 0.3 is 0 Å². The number of aryl methyl sites for hydroxylation is 2. The van der Waals surface area contributed by atoms with Crippen LogP contribution in [0.25, 0.3) is 10.1 Å². The van der Waals surface area contributed by atoms with Crippen molar-refractivity contribution >= 4 is 27.3 Å². The number of nitrogens with one attached hydrogen (secondary N) is 1. The first-order chi connectivity index (χ1) is 13.5. The quantitative estimate of drug-likeness (QED) is 0.541. The molecule has 2 aromatic heterocycles. The van der Waals surface area contributed by atoms with E-state index in [1.54, 1.807) is 61.3 Å². The van der Waals surface area contributed by atoms with Crippen LogP contribution < -0.4 is 5.32 Å². The molecule has 1 amide bonds. The lowest BCUT2D eigenvalue weighted by molar-refractivity contribution is 0.0944. The van der Waals surface area contributed by atoms with Crippen molar-refractivity contribution in [3.05, 3.63) is 88.3 Å². The summed E-state index contributed by atoms with van der Waals surface area (Å²) in [4.78, 5) is 17.7. The first kappa shape index (κ1) is 18.3. The molecule has 0 saturated heterocycles. The molecule has 0 aliphatic heterocycles. The third kappa shape index (κ3) is 3.07. The van der Waals surface area contributed by atoms with E-state index in [0.717, 1.165) is 0 Å². The van der Waals surface area contributed by atoms with Gasteiger partial charge in [0.1, 0.15) is 23.5 Å². The molecule has 0 saturated carbocycles. The third-order valence-corrected chi connectivity index (χ3v) is 5.97. The minimum Gasteiger partial charge on any atom is -0.337 e. The van der Waals surface area contributed by atoms with Gasteiger partial charge in [-0.3, -0.25) is 4.79 Å². The monoisotopic (exact) mass is 397 g/mol. The Morgan fingerprint density at radius 2 is 1.89 bits per heavy atom. The van der Waals surface area contributed by atoms with Gasteiger partial charge in [0.15, 0.2) is 0 Å². The van der Waals surface area contributed by atoms with Crippen LogP contribution in [0.4, 0.5) is 8.78 Å². The van der Waals surface area contributed by atoms with Crippen LogP contribution in [-0.2, 0) is 7.05 Å². The normalized spacial score (nSPS) is 12.3. The number of benzene rings is 2. The third-order valence-electron chi connectivity index (χ3n) is 4.72. The average molecular weight is 397 g/mol. The Balaban J connectivity index is 1.77. The lowest BCUT2D eigenvalue weighted by atomic mass is 10.0. The van der Waals surface area contributed by atoms with Gasteiger partial charge in [0.05, 0.1) is 4.88 Å². The van der Waals surface area contributed by atoms with Gasteiger partial charge in [-0.05, 0) is 30.7 Å². The summed E-state index contributed by atoms with van der Waals surface area (Å²) in [6, 6.07) is 10.3. The van der Waals surface area contributed by atoms with Gasteiger partial charge in [0.2, 0.25) is 0 Å². The van der Waals surface area contributed by atoms with Crippen molar-refractivity contribution in [1.82, 2.24) is 14.9 Å². The highest BCUT2D eigenvalue weighted by molar-refractivity contribution is 7.21. The van der Waals surface area contributed by atoms with E-state index in [1.165, 1.54) is 23.5 Å². The molecule has 28 heavy (non-hydrogen) atoms. The van der Waals surface area contributed by atoms with Crippen LogP contribution in [-0.4, -0.2) is 15.5 Å². The van der Waals surface area contributed by atoms with Crippen LogP contribution in [0.15, 0.2) is 54.9 Å². The summed E-state index contributed by atoms with van der Waals surface area (Å²) in [5, 5.41) is 3.32. The Labute approximate surface area is 164 Å². The lowest BCUT2D eigenvalue weighted by Crippen LogP contribution is -2.31. The number of fused-ring (bicyclic) bond motifs is 1. The molecule has 2 aromatic carbocycles. The molecular weight excluding hydrogens is 380 g/mol. The van der Waals surface area contributed by atoms with Gasteiger partial charge in [-0.15, -0.1) is 11.3 Å². The number of hydrogen-bond donors (Lipinski definition) is 1. The van der Waals surface area contributed by atoms with Gasteiger partial charge in [-0.2, -0.15) is 0 Å². The van der Waals surface area contributed by atoms with Crippen molar-refractivity contribution in [2.24, 2.45) is 7.05 Å². The fourth-order valence-corrected chi connectivity index (χ4v) is 4.44. The first-order valence-electron chi connectivity index (χ1n) is 8.67. The molecule has 0 aliphatic carbocycles. The summed E-state index contributed by atoms with van der Waals surface area (Å²) in [6.07, 6.45) is 3.32. The van der Waals surface area contributed by atoms with E-state index >= 15 is 0 Å². The summed E-state index contributed by atoms with van der Waals surface area (Å²) >= 11 is 1.22. The molecule has 4 nitrogen and oxygen atoms in total. The predicted octanol–water partition coefficient (Wildman–Crippen LogP) is 4.74. The van der Waals surface area contributed by atoms with Crippen LogP contribution in [0, 0.1) is 18.6 Å². The van der Waals surface area contributed by atoms with Gasteiger partial charge in [0.25, 0.3) is 5.91 Å². The predicted molar refractivity (Wildman–Crippen MR) is 105 cm³/mol. The summed E-state index contributed by atoms with van der Waals surface area (Å²) < 4.78 is 31.1. The molecule has 0 fully saturated rings. The van der Waals surface area contributed by atoms with E-state index in [-0.39, 0.29) is 5.82 Å². The van der Waals surface area contributed by atoms with Crippen molar-refractivity contribution in [3.63, 3.8) is 0 Å². The van der Waals surface area contributed by atoms with Crippen molar-refractivity contribution in [1.29, 1.82) is 0 Å². The minimum atomic E-state index is -0.775. The van der Waals surface area contributed by atoms with Crippen LogP contribution in [0.2, 0.25) is 0 Å². The van der Waals surface area contributed by atoms with Crippen molar-refractivity contribution in [2.45, 2.75) is 13.0 Å². The zero-order chi connectivity index (χ0) is 19.8. The van der Waals surface area contributed by atoms with E-state index in [2.05, 4.69) is 10.3 Å². The highest BCUT2D eigenvalue weighted by Gasteiger charge is 2.26. The highest BCUT2D eigenvalue weighted by atomic mass is 32.1. The number of thiophene rings is 1. The number of nitrogens with zero attached hydrogens (tertiary/aromatic N) is 2. The molecule has 2 heterocycles. The average Bonchev–Trinajstić information content (AvgIpc) is 3.24. The number of aromatic nitrogens is 2. The standard InChI is InChI=1S/C21H17F2N3OS/c1-12-17-15(23)8-5-9-16(17)28-19(12)21(27)25-18(20-24-10-11-26(20)2)13-6-3-4-7-14(13)22/h3-11,18H,1-2H3,(H,25,27). The fraction of sp³-hybridized carbons (Fsp3) is 0.143. The maximum absolute atomic E-state index is 14.5. The molecule has 7 heteroatoms. The van der Waals surface area contributed by atoms with Gasteiger partial charge in [-0.1, -0.05) is 24.3 Å². The van der Waals surface area contributed by atoms with E-state index in [9.17, 15) is 13.6 Å². The van der Waals surface area contributed by atoms with Crippen molar-refractivity contribution in [2.75, 3.05) is 0 Å². The maximum atomic E-state index is 14.5. The SMILES string of the molecule is Cc1c(C(=O)NC(c2ccccc2F)c2nccn2C)sc2cccc(F)c12. The van der Waals surface area contributed by atoms with Crippen molar-refractivity contribution in [3.8, 4) is 0 Å². The summed E-state index contributed by atoms with van der Waals surface area (Å²) in [5.74, 6) is -0.687. The number of imidazole rings is 1. The van der Waals surface area contributed by atoms with Gasteiger partial charge in [0, 0.05) is 35.1 Å². The molecule has 4 aromatic rings. The number of rotatable bonds is 4. The van der Waals surface area contributed by atoms with Crippen molar-refractivity contribution < 1.29 is 13.6 Å². The molecule has 1 unspecified atom stereocenters. The van der Waals surface area contributed by atoms with Crippen LogP contribution in [0.3, 0.4) is 0 Å². The Morgan fingerprint density at radius 1 is 1.14 bits per heavy atom. The second-order valence-electron chi connectivity index (χ2n) is 6.49. The number of hydrogen-bond acceptors (Lipinski definition) is 3. The molecule has 0 bridgehead atoms.